The molecule has 0 bridgehead atoms. The summed E-state index contributed by atoms with van der Waals surface area (Å²) >= 11 is 0. The normalized spacial score (nSPS) is 15.3. The van der Waals surface area contributed by atoms with Crippen molar-refractivity contribution < 1.29 is 19.4 Å². The van der Waals surface area contributed by atoms with Gasteiger partial charge in [0.2, 0.25) is 5.89 Å². The van der Waals surface area contributed by atoms with Crippen LogP contribution in [0.25, 0.3) is 44.7 Å². The number of aryl methyl sites for hydroxylation is 1. The van der Waals surface area contributed by atoms with E-state index in [9.17, 15) is 20.3 Å². The highest BCUT2D eigenvalue weighted by atomic mass is 16.4. The topological polar surface area (TPSA) is 173 Å². The first kappa shape index (κ1) is 34.7. The van der Waals surface area contributed by atoms with E-state index in [4.69, 9.17) is 19.4 Å². The third-order valence-electron chi connectivity index (χ3n) is 9.61. The maximum Gasteiger partial charge on any atom is 0.307 e. The number of nitrogens with zero attached hydrogens (tertiary/aromatic N) is 6. The summed E-state index contributed by atoms with van der Waals surface area (Å²) in [5.41, 5.74) is 10.4. The predicted octanol–water partition coefficient (Wildman–Crippen LogP) is 6.42. The number of nitrogens with one attached hydrogen (secondary N) is 2. The lowest BCUT2D eigenvalue weighted by Crippen LogP contribution is -2.23. The van der Waals surface area contributed by atoms with E-state index in [-0.39, 0.29) is 5.92 Å². The molecule has 0 saturated carbocycles. The van der Waals surface area contributed by atoms with Crippen molar-refractivity contribution in [2.45, 2.75) is 53.3 Å². The molecule has 264 valence electrons. The second kappa shape index (κ2) is 14.5. The number of benzene rings is 3. The molecule has 4 heterocycles. The smallest absolute Gasteiger partial charge is 0.307 e. The van der Waals surface area contributed by atoms with E-state index in [0.29, 0.717) is 78.9 Å². The highest BCUT2D eigenvalue weighted by Crippen LogP contribution is 2.38. The Kier molecular flexibility index (Phi) is 9.66. The van der Waals surface area contributed by atoms with Crippen LogP contribution in [0.2, 0.25) is 0 Å². The van der Waals surface area contributed by atoms with Gasteiger partial charge in [0.05, 0.1) is 23.1 Å². The van der Waals surface area contributed by atoms with E-state index < -0.39 is 12.1 Å². The van der Waals surface area contributed by atoms with Gasteiger partial charge >= 0.3 is 5.97 Å². The summed E-state index contributed by atoms with van der Waals surface area (Å²) in [5.74, 6) is 0.522. The van der Waals surface area contributed by atoms with Crippen molar-refractivity contribution in [2.75, 3.05) is 25.0 Å². The number of aromatic nitrogens is 4. The molecule has 0 unspecified atom stereocenters. The molecule has 7 rings (SSSR count). The summed E-state index contributed by atoms with van der Waals surface area (Å²) in [4.78, 5) is 32.5. The molecule has 52 heavy (non-hydrogen) atoms. The van der Waals surface area contributed by atoms with Gasteiger partial charge in [-0.1, -0.05) is 24.3 Å². The van der Waals surface area contributed by atoms with Crippen LogP contribution in [0.5, 0.6) is 0 Å². The number of carboxylic acid groups (broad SMARTS) is 1. The summed E-state index contributed by atoms with van der Waals surface area (Å²) in [7, 11) is 0. The van der Waals surface area contributed by atoms with E-state index in [1.165, 1.54) is 0 Å². The molecule has 0 radical (unpaired) electrons. The number of hydrogen-bond donors (Lipinski definition) is 4. The first-order valence-corrected chi connectivity index (χ1v) is 17.4. The van der Waals surface area contributed by atoms with Crippen LogP contribution in [0, 0.1) is 38.0 Å². The van der Waals surface area contributed by atoms with Gasteiger partial charge in [-0.3, -0.25) is 14.7 Å². The SMILES string of the molecule is Cc1nc(Nc2cccc(-c3cccc(-c4nc5cc(CN6CC[C@@H](C(=O)O)C6)cc(C#N)c5o4)c3C)c2C)c2ncc(CNC[C@H](C)O)cc2n1. The molecule has 12 heteroatoms. The lowest BCUT2D eigenvalue weighted by atomic mass is 9.93. The van der Waals surface area contributed by atoms with Gasteiger partial charge in [-0.15, -0.1) is 0 Å². The zero-order valence-corrected chi connectivity index (χ0v) is 29.6. The molecule has 1 aliphatic rings. The average molecular weight is 697 g/mol. The van der Waals surface area contributed by atoms with Crippen LogP contribution >= 0.6 is 0 Å². The van der Waals surface area contributed by atoms with E-state index in [1.54, 1.807) is 13.1 Å². The third kappa shape index (κ3) is 7.07. The maximum absolute atomic E-state index is 11.5. The fourth-order valence-corrected chi connectivity index (χ4v) is 6.95. The Labute approximate surface area is 301 Å². The van der Waals surface area contributed by atoms with Crippen molar-refractivity contribution >= 4 is 39.6 Å². The van der Waals surface area contributed by atoms with Crippen molar-refractivity contribution in [3.05, 3.63) is 94.4 Å². The Bertz CT molecular complexity index is 2360. The maximum atomic E-state index is 11.5. The number of fused-ring (bicyclic) bond motifs is 2. The number of pyridine rings is 1. The van der Waals surface area contributed by atoms with Crippen LogP contribution in [0.3, 0.4) is 0 Å². The van der Waals surface area contributed by atoms with Gasteiger partial charge in [-0.25, -0.2) is 15.0 Å². The van der Waals surface area contributed by atoms with E-state index in [2.05, 4.69) is 45.6 Å². The third-order valence-corrected chi connectivity index (χ3v) is 9.61. The number of aliphatic carboxylic acids is 1. The van der Waals surface area contributed by atoms with Crippen LogP contribution in [0.15, 0.2) is 65.2 Å². The molecule has 1 aliphatic heterocycles. The molecule has 12 nitrogen and oxygen atoms in total. The Morgan fingerprint density at radius 2 is 1.77 bits per heavy atom. The highest BCUT2D eigenvalue weighted by Gasteiger charge is 2.28. The van der Waals surface area contributed by atoms with Crippen LogP contribution in [-0.2, 0) is 17.9 Å². The largest absolute Gasteiger partial charge is 0.481 e. The number of nitriles is 1. The predicted molar refractivity (Wildman–Crippen MR) is 199 cm³/mol. The molecular formula is C40H40N8O4. The number of aliphatic hydroxyl groups is 1. The number of likely N-dealkylation sites (tertiary alicyclic amines) is 1. The summed E-state index contributed by atoms with van der Waals surface area (Å²) in [5, 5.41) is 35.7. The van der Waals surface area contributed by atoms with E-state index in [0.717, 1.165) is 50.1 Å². The molecule has 0 amide bonds. The van der Waals surface area contributed by atoms with Crippen LogP contribution in [0.4, 0.5) is 11.5 Å². The summed E-state index contributed by atoms with van der Waals surface area (Å²) in [6, 6.07) is 20.1. The summed E-state index contributed by atoms with van der Waals surface area (Å²) in [6.45, 7) is 10.5. The number of oxazole rings is 1. The van der Waals surface area contributed by atoms with E-state index >= 15 is 0 Å². The zero-order chi connectivity index (χ0) is 36.5. The lowest BCUT2D eigenvalue weighted by molar-refractivity contribution is -0.141. The molecule has 1 fully saturated rings. The fraction of sp³-hybridized carbons (Fsp3) is 0.300. The van der Waals surface area contributed by atoms with Gasteiger partial charge < -0.3 is 25.3 Å². The van der Waals surface area contributed by atoms with Gasteiger partial charge in [-0.2, -0.15) is 5.26 Å². The number of aliphatic hydroxyl groups excluding tert-OH is 1. The van der Waals surface area contributed by atoms with Gasteiger partial charge in [0.15, 0.2) is 11.4 Å². The van der Waals surface area contributed by atoms with Crippen LogP contribution < -0.4 is 10.6 Å². The minimum Gasteiger partial charge on any atom is -0.481 e. The molecule has 1 saturated heterocycles. The first-order chi connectivity index (χ1) is 25.1. The fourth-order valence-electron chi connectivity index (χ4n) is 6.95. The van der Waals surface area contributed by atoms with Gasteiger partial charge in [0, 0.05) is 43.6 Å². The zero-order valence-electron chi connectivity index (χ0n) is 29.6. The Hall–Kier alpha value is -5.74. The van der Waals surface area contributed by atoms with Crippen molar-refractivity contribution in [1.29, 1.82) is 5.26 Å². The van der Waals surface area contributed by atoms with Crippen molar-refractivity contribution in [2.24, 2.45) is 5.92 Å². The average Bonchev–Trinajstić information content (AvgIpc) is 3.76. The van der Waals surface area contributed by atoms with Gasteiger partial charge in [0.1, 0.15) is 22.9 Å². The van der Waals surface area contributed by atoms with Crippen LogP contribution in [0.1, 0.15) is 47.0 Å². The molecule has 0 aliphatic carbocycles. The molecule has 3 aromatic heterocycles. The quantitative estimate of drug-likeness (QED) is 0.117. The number of carbonyl (C=O) groups is 1. The molecule has 2 atom stereocenters. The lowest BCUT2D eigenvalue weighted by Gasteiger charge is -2.17. The number of hydrogen-bond acceptors (Lipinski definition) is 11. The minimum absolute atomic E-state index is 0.370. The van der Waals surface area contributed by atoms with E-state index in [1.807, 2.05) is 56.3 Å². The van der Waals surface area contributed by atoms with Crippen molar-refractivity contribution in [1.82, 2.24) is 30.2 Å². The van der Waals surface area contributed by atoms with Crippen LogP contribution in [-0.4, -0.2) is 66.8 Å². The Balaban J connectivity index is 1.18. The second-order valence-corrected chi connectivity index (χ2v) is 13.6. The van der Waals surface area contributed by atoms with Gasteiger partial charge in [-0.05, 0) is 104 Å². The number of anilines is 2. The first-order valence-electron chi connectivity index (χ1n) is 17.4. The Morgan fingerprint density at radius 3 is 2.52 bits per heavy atom. The minimum atomic E-state index is -0.771. The molecule has 3 aromatic carbocycles. The number of rotatable bonds is 11. The van der Waals surface area contributed by atoms with Crippen molar-refractivity contribution in [3.63, 3.8) is 0 Å². The molecular weight excluding hydrogens is 656 g/mol. The molecule has 4 N–H and O–H groups in total. The standard InChI is InChI=1S/C40H40N8O4/c1-22(49)17-42-18-27-15-34-36(43-19-27)38(45-25(4)44-34)46-33-10-6-8-31(24(33)3)30-7-5-9-32(23(30)2)39-47-35-14-26(13-29(16-41)37(35)52-39)20-48-12-11-28(21-48)40(50)51/h5-10,13-15,19,22,28,42,49H,11-12,17-18,20-21H2,1-4H3,(H,50,51)(H,44,45,46)/t22-,28+/m0/s1. The summed E-state index contributed by atoms with van der Waals surface area (Å²) < 4.78 is 6.27. The second-order valence-electron chi connectivity index (χ2n) is 13.6. The number of carboxylic acids is 1. The summed E-state index contributed by atoms with van der Waals surface area (Å²) in [6.07, 6.45) is 1.98. The molecule has 6 aromatic rings. The van der Waals surface area contributed by atoms with Gasteiger partial charge in [0.25, 0.3) is 0 Å². The monoisotopic (exact) mass is 696 g/mol. The molecule has 0 spiro atoms. The Morgan fingerprint density at radius 1 is 1.02 bits per heavy atom. The highest BCUT2D eigenvalue weighted by molar-refractivity contribution is 5.89. The van der Waals surface area contributed by atoms with Crippen molar-refractivity contribution in [3.8, 4) is 28.7 Å².